The van der Waals surface area contributed by atoms with Gasteiger partial charge in [-0.1, -0.05) is 30.0 Å². The smallest absolute Gasteiger partial charge is 0.409 e. The van der Waals surface area contributed by atoms with Crippen LogP contribution >= 0.6 is 11.8 Å². The van der Waals surface area contributed by atoms with E-state index in [1.54, 1.807) is 23.8 Å². The van der Waals surface area contributed by atoms with Crippen molar-refractivity contribution in [3.8, 4) is 5.75 Å². The first-order valence-corrected chi connectivity index (χ1v) is 9.51. The summed E-state index contributed by atoms with van der Waals surface area (Å²) in [7, 11) is 3.12. The molecule has 0 radical (unpaired) electrons. The highest BCUT2D eigenvalue weighted by molar-refractivity contribution is 7.99. The number of benzene rings is 2. The molecule has 0 unspecified atom stereocenters. The number of carbonyl (C=O) groups excluding carboxylic acids is 1. The number of para-hydroxylation sites is 1. The van der Waals surface area contributed by atoms with Gasteiger partial charge in [0.15, 0.2) is 0 Å². The highest BCUT2D eigenvalue weighted by Crippen LogP contribution is 2.36. The number of ether oxygens (including phenoxy) is 2. The lowest BCUT2D eigenvalue weighted by molar-refractivity contribution is 0.126. The van der Waals surface area contributed by atoms with Gasteiger partial charge in [-0.15, -0.1) is 0 Å². The van der Waals surface area contributed by atoms with Gasteiger partial charge in [0, 0.05) is 36.0 Å². The Kier molecular flexibility index (Phi) is 6.28. The normalized spacial score (nSPS) is 14.7. The van der Waals surface area contributed by atoms with Crippen LogP contribution in [-0.2, 0) is 4.74 Å². The molecule has 1 heterocycles. The minimum Gasteiger partial charge on any atom is -0.497 e. The molecular weight excluding hydrogens is 348 g/mol. The molecule has 0 aromatic heterocycles. The number of nitrogens with zero attached hydrogens (tertiary/aromatic N) is 2. The summed E-state index contributed by atoms with van der Waals surface area (Å²) in [6.07, 6.45) is 0.679. The monoisotopic (exact) mass is 372 g/mol. The van der Waals surface area contributed by atoms with Crippen molar-refractivity contribution in [3.05, 3.63) is 48.5 Å². The number of carbonyl (C=O) groups is 1. The molecule has 2 aromatic rings. The summed E-state index contributed by atoms with van der Waals surface area (Å²) in [4.78, 5) is 18.3. The molecule has 0 aliphatic carbocycles. The van der Waals surface area contributed by atoms with E-state index in [-0.39, 0.29) is 6.09 Å². The van der Waals surface area contributed by atoms with E-state index in [4.69, 9.17) is 9.47 Å². The number of rotatable bonds is 4. The minimum absolute atomic E-state index is 0.245. The van der Waals surface area contributed by atoms with Crippen LogP contribution in [0.2, 0.25) is 0 Å². The molecule has 6 heteroatoms. The van der Waals surface area contributed by atoms with Crippen LogP contribution in [0.5, 0.6) is 5.75 Å². The number of hydrogen-bond donors (Lipinski definition) is 0. The van der Waals surface area contributed by atoms with Crippen LogP contribution in [0.3, 0.4) is 0 Å². The lowest BCUT2D eigenvalue weighted by Gasteiger charge is -2.25. The minimum atomic E-state index is -0.245. The molecule has 1 aliphatic rings. The first-order valence-electron chi connectivity index (χ1n) is 8.70. The Balaban J connectivity index is 1.77. The Morgan fingerprint density at radius 2 is 1.85 bits per heavy atom. The Bertz CT molecular complexity index is 753. The van der Waals surface area contributed by atoms with Crippen LogP contribution in [0.4, 0.5) is 10.5 Å². The van der Waals surface area contributed by atoms with Crippen LogP contribution in [0.25, 0.3) is 0 Å². The van der Waals surface area contributed by atoms with Gasteiger partial charge < -0.3 is 19.3 Å². The molecule has 0 atom stereocenters. The average Bonchev–Trinajstić information content (AvgIpc) is 2.94. The number of amides is 1. The van der Waals surface area contributed by atoms with E-state index >= 15 is 0 Å². The lowest BCUT2D eigenvalue weighted by Crippen LogP contribution is -2.35. The second-order valence-electron chi connectivity index (χ2n) is 6.05. The van der Waals surface area contributed by atoms with Crippen molar-refractivity contribution in [1.82, 2.24) is 4.90 Å². The molecule has 0 spiro atoms. The summed E-state index contributed by atoms with van der Waals surface area (Å²) in [6, 6.07) is 16.5. The van der Waals surface area contributed by atoms with Crippen molar-refractivity contribution >= 4 is 23.5 Å². The molecular formula is C20H24N2O3S. The van der Waals surface area contributed by atoms with Crippen molar-refractivity contribution in [1.29, 1.82) is 0 Å². The molecule has 1 aliphatic heterocycles. The Labute approximate surface area is 158 Å². The summed E-state index contributed by atoms with van der Waals surface area (Å²) in [6.45, 7) is 3.12. The maximum atomic E-state index is 11.8. The molecule has 0 bridgehead atoms. The first-order chi connectivity index (χ1) is 12.7. The van der Waals surface area contributed by atoms with Gasteiger partial charge in [0.2, 0.25) is 0 Å². The fourth-order valence-electron chi connectivity index (χ4n) is 3.07. The summed E-state index contributed by atoms with van der Waals surface area (Å²) in [5, 5.41) is 0. The van der Waals surface area contributed by atoms with Gasteiger partial charge in [0.25, 0.3) is 0 Å². The molecule has 2 aromatic carbocycles. The van der Waals surface area contributed by atoms with Crippen LogP contribution in [0, 0.1) is 0 Å². The maximum absolute atomic E-state index is 11.8. The summed E-state index contributed by atoms with van der Waals surface area (Å²) in [5.41, 5.74) is 1.20. The second-order valence-corrected chi connectivity index (χ2v) is 7.16. The molecule has 1 saturated heterocycles. The largest absolute Gasteiger partial charge is 0.497 e. The van der Waals surface area contributed by atoms with Gasteiger partial charge in [0.05, 0.1) is 19.9 Å². The van der Waals surface area contributed by atoms with E-state index in [9.17, 15) is 4.79 Å². The van der Waals surface area contributed by atoms with Crippen LogP contribution < -0.4 is 9.64 Å². The summed E-state index contributed by atoms with van der Waals surface area (Å²) in [5.74, 6) is 0.857. The molecule has 1 amide bonds. The number of hydrogen-bond acceptors (Lipinski definition) is 5. The molecule has 0 N–H and O–H groups in total. The molecule has 1 fully saturated rings. The van der Waals surface area contributed by atoms with E-state index in [1.165, 1.54) is 17.7 Å². The number of anilines is 1. The van der Waals surface area contributed by atoms with Crippen molar-refractivity contribution in [2.24, 2.45) is 0 Å². The molecule has 26 heavy (non-hydrogen) atoms. The Morgan fingerprint density at radius 1 is 1.00 bits per heavy atom. The van der Waals surface area contributed by atoms with Crippen LogP contribution in [-0.4, -0.2) is 51.4 Å². The summed E-state index contributed by atoms with van der Waals surface area (Å²) >= 11 is 1.73. The van der Waals surface area contributed by atoms with Crippen LogP contribution in [0.1, 0.15) is 6.42 Å². The SMILES string of the molecule is COC(=O)N1CCCN(c2ccccc2Sc2cccc(OC)c2)CC1. The number of methoxy groups -OCH3 is 2. The Hall–Kier alpha value is -2.34. The average molecular weight is 372 g/mol. The second kappa shape index (κ2) is 8.85. The van der Waals surface area contributed by atoms with E-state index in [2.05, 4.69) is 35.2 Å². The first kappa shape index (κ1) is 18.5. The fourth-order valence-corrected chi connectivity index (χ4v) is 4.09. The third kappa shape index (κ3) is 4.43. The maximum Gasteiger partial charge on any atom is 0.409 e. The van der Waals surface area contributed by atoms with Crippen molar-refractivity contribution in [2.45, 2.75) is 16.2 Å². The van der Waals surface area contributed by atoms with E-state index in [0.29, 0.717) is 6.54 Å². The topological polar surface area (TPSA) is 42.0 Å². The van der Waals surface area contributed by atoms with Crippen molar-refractivity contribution < 1.29 is 14.3 Å². The standard InChI is InChI=1S/C20H24N2O3S/c1-24-16-7-5-8-17(15-16)26-19-10-4-3-9-18(19)21-11-6-12-22(14-13-21)20(23)25-2/h3-5,7-10,15H,6,11-14H2,1-2H3. The van der Waals surface area contributed by atoms with Crippen molar-refractivity contribution in [3.63, 3.8) is 0 Å². The molecule has 5 nitrogen and oxygen atoms in total. The third-order valence-electron chi connectivity index (χ3n) is 4.40. The molecule has 3 rings (SSSR count). The third-order valence-corrected chi connectivity index (χ3v) is 5.46. The highest BCUT2D eigenvalue weighted by atomic mass is 32.2. The zero-order chi connectivity index (χ0) is 18.4. The van der Waals surface area contributed by atoms with Gasteiger partial charge in [0.1, 0.15) is 5.75 Å². The van der Waals surface area contributed by atoms with Crippen LogP contribution in [0.15, 0.2) is 58.3 Å². The van der Waals surface area contributed by atoms with E-state index < -0.39 is 0 Å². The predicted octanol–water partition coefficient (Wildman–Crippen LogP) is 4.12. The van der Waals surface area contributed by atoms with Gasteiger partial charge >= 0.3 is 6.09 Å². The fraction of sp³-hybridized carbons (Fsp3) is 0.350. The van der Waals surface area contributed by atoms with Gasteiger partial charge in [-0.25, -0.2) is 4.79 Å². The quantitative estimate of drug-likeness (QED) is 0.807. The molecule has 0 saturated carbocycles. The lowest BCUT2D eigenvalue weighted by atomic mass is 10.2. The zero-order valence-corrected chi connectivity index (χ0v) is 16.0. The van der Waals surface area contributed by atoms with Gasteiger partial charge in [-0.3, -0.25) is 0 Å². The highest BCUT2D eigenvalue weighted by Gasteiger charge is 2.21. The van der Waals surface area contributed by atoms with E-state index in [1.807, 2.05) is 18.2 Å². The Morgan fingerprint density at radius 3 is 2.65 bits per heavy atom. The van der Waals surface area contributed by atoms with Crippen molar-refractivity contribution in [2.75, 3.05) is 45.3 Å². The zero-order valence-electron chi connectivity index (χ0n) is 15.2. The predicted molar refractivity (Wildman–Crippen MR) is 104 cm³/mol. The van der Waals surface area contributed by atoms with Gasteiger partial charge in [-0.05, 0) is 36.8 Å². The van der Waals surface area contributed by atoms with E-state index in [0.717, 1.165) is 36.7 Å². The summed E-state index contributed by atoms with van der Waals surface area (Å²) < 4.78 is 10.2. The molecule has 138 valence electrons. The van der Waals surface area contributed by atoms with Gasteiger partial charge in [-0.2, -0.15) is 0 Å².